The van der Waals surface area contributed by atoms with Gasteiger partial charge in [-0.3, -0.25) is 4.79 Å². The van der Waals surface area contributed by atoms with Crippen LogP contribution in [0.25, 0.3) is 10.1 Å². The second-order valence-electron chi connectivity index (χ2n) is 4.79. The number of rotatable bonds is 4. The van der Waals surface area contributed by atoms with E-state index in [0.717, 1.165) is 15.8 Å². The lowest BCUT2D eigenvalue weighted by Gasteiger charge is -2.10. The van der Waals surface area contributed by atoms with Crippen LogP contribution in [0.3, 0.4) is 0 Å². The van der Waals surface area contributed by atoms with Crippen molar-refractivity contribution in [2.75, 3.05) is 5.32 Å². The van der Waals surface area contributed by atoms with Gasteiger partial charge in [-0.15, -0.1) is 0 Å². The van der Waals surface area contributed by atoms with E-state index in [1.165, 1.54) is 17.1 Å². The smallest absolute Gasteiger partial charge is 0.224 e. The first-order chi connectivity index (χ1) is 9.72. The van der Waals surface area contributed by atoms with Crippen LogP contribution in [0, 0.1) is 0 Å². The molecule has 1 atom stereocenters. The molecular weight excluding hydrogens is 288 g/mol. The number of benzene rings is 1. The fourth-order valence-corrected chi connectivity index (χ4v) is 3.57. The van der Waals surface area contributed by atoms with E-state index in [4.69, 9.17) is 0 Å². The third kappa shape index (κ3) is 2.89. The van der Waals surface area contributed by atoms with Crippen LogP contribution in [0.15, 0.2) is 41.2 Å². The number of nitrogens with zero attached hydrogens (tertiary/aromatic N) is 1. The van der Waals surface area contributed by atoms with Crippen molar-refractivity contribution >= 4 is 44.5 Å². The third-order valence-electron chi connectivity index (χ3n) is 3.24. The summed E-state index contributed by atoms with van der Waals surface area (Å²) in [7, 11) is 0. The van der Waals surface area contributed by atoms with E-state index in [0.29, 0.717) is 6.42 Å². The average molecular weight is 302 g/mol. The first-order valence-electron chi connectivity index (χ1n) is 6.39. The summed E-state index contributed by atoms with van der Waals surface area (Å²) in [6, 6.07) is 7.95. The van der Waals surface area contributed by atoms with Crippen molar-refractivity contribution in [2.24, 2.45) is 0 Å². The van der Waals surface area contributed by atoms with Gasteiger partial charge in [0.25, 0.3) is 0 Å². The molecule has 1 unspecified atom stereocenters. The van der Waals surface area contributed by atoms with Crippen LogP contribution in [0.5, 0.6) is 0 Å². The van der Waals surface area contributed by atoms with Gasteiger partial charge in [0.2, 0.25) is 5.91 Å². The van der Waals surface area contributed by atoms with Crippen molar-refractivity contribution < 1.29 is 4.79 Å². The molecule has 1 N–H and O–H groups in total. The van der Waals surface area contributed by atoms with E-state index in [1.807, 2.05) is 29.8 Å². The van der Waals surface area contributed by atoms with Crippen LogP contribution in [0.1, 0.15) is 24.8 Å². The standard InChI is InChI=1S/C15H14N2OS2/c1-10(12-4-5-19-9-12)6-15(18)17-13-3-2-11-8-16-20-14(11)7-13/h2-5,7-10H,6H2,1H3,(H,17,18). The van der Waals surface area contributed by atoms with Gasteiger partial charge in [-0.25, -0.2) is 0 Å². The third-order valence-corrected chi connectivity index (χ3v) is 4.71. The molecule has 3 rings (SSSR count). The highest BCUT2D eigenvalue weighted by Gasteiger charge is 2.12. The molecule has 0 spiro atoms. The van der Waals surface area contributed by atoms with E-state index >= 15 is 0 Å². The number of thiophene rings is 1. The fraction of sp³-hybridized carbons (Fsp3) is 0.200. The molecule has 1 amide bonds. The average Bonchev–Trinajstić information content (AvgIpc) is 3.09. The Bertz CT molecular complexity index is 718. The van der Waals surface area contributed by atoms with Crippen molar-refractivity contribution in [3.63, 3.8) is 0 Å². The second kappa shape index (κ2) is 5.73. The van der Waals surface area contributed by atoms with Crippen LogP contribution in [0.2, 0.25) is 0 Å². The second-order valence-corrected chi connectivity index (χ2v) is 6.40. The Labute approximate surface area is 125 Å². The Morgan fingerprint density at radius 1 is 1.40 bits per heavy atom. The van der Waals surface area contributed by atoms with Gasteiger partial charge in [-0.1, -0.05) is 6.92 Å². The lowest BCUT2D eigenvalue weighted by atomic mass is 10.0. The maximum atomic E-state index is 12.1. The molecule has 2 aromatic heterocycles. The zero-order valence-corrected chi connectivity index (χ0v) is 12.6. The molecule has 0 bridgehead atoms. The first-order valence-corrected chi connectivity index (χ1v) is 8.10. The van der Waals surface area contributed by atoms with Gasteiger partial charge in [0.05, 0.1) is 4.70 Å². The van der Waals surface area contributed by atoms with Gasteiger partial charge < -0.3 is 5.32 Å². The maximum Gasteiger partial charge on any atom is 0.224 e. The molecule has 0 saturated carbocycles. The minimum atomic E-state index is 0.0487. The Hall–Kier alpha value is -1.72. The molecule has 0 radical (unpaired) electrons. The zero-order valence-electron chi connectivity index (χ0n) is 11.0. The summed E-state index contributed by atoms with van der Waals surface area (Å²) in [6.07, 6.45) is 2.34. The van der Waals surface area contributed by atoms with Gasteiger partial charge in [0.1, 0.15) is 0 Å². The van der Waals surface area contributed by atoms with E-state index in [2.05, 4.69) is 28.1 Å². The van der Waals surface area contributed by atoms with Gasteiger partial charge >= 0.3 is 0 Å². The number of carbonyl (C=O) groups is 1. The molecule has 3 nitrogen and oxygen atoms in total. The molecule has 0 fully saturated rings. The number of hydrogen-bond acceptors (Lipinski definition) is 4. The van der Waals surface area contributed by atoms with Gasteiger partial charge in [-0.2, -0.15) is 15.7 Å². The van der Waals surface area contributed by atoms with Crippen molar-refractivity contribution in [2.45, 2.75) is 19.3 Å². The summed E-state index contributed by atoms with van der Waals surface area (Å²) >= 11 is 3.10. The monoisotopic (exact) mass is 302 g/mol. The number of nitrogens with one attached hydrogen (secondary N) is 1. The van der Waals surface area contributed by atoms with Crippen molar-refractivity contribution in [1.29, 1.82) is 0 Å². The normalized spacial score (nSPS) is 12.4. The summed E-state index contributed by atoms with van der Waals surface area (Å²) in [5.41, 5.74) is 2.06. The summed E-state index contributed by atoms with van der Waals surface area (Å²) < 4.78 is 5.23. The molecule has 3 aromatic rings. The van der Waals surface area contributed by atoms with Crippen LogP contribution in [-0.2, 0) is 4.79 Å². The van der Waals surface area contributed by atoms with Crippen LogP contribution in [0.4, 0.5) is 5.69 Å². The van der Waals surface area contributed by atoms with Gasteiger partial charge in [0, 0.05) is 23.7 Å². The van der Waals surface area contributed by atoms with E-state index in [9.17, 15) is 4.79 Å². The molecule has 1 aromatic carbocycles. The van der Waals surface area contributed by atoms with Gasteiger partial charge in [0.15, 0.2) is 0 Å². The molecule has 2 heterocycles. The van der Waals surface area contributed by atoms with Crippen LogP contribution >= 0.6 is 22.9 Å². The summed E-state index contributed by atoms with van der Waals surface area (Å²) in [5.74, 6) is 0.293. The Morgan fingerprint density at radius 2 is 2.30 bits per heavy atom. The van der Waals surface area contributed by atoms with E-state index < -0.39 is 0 Å². The highest BCUT2D eigenvalue weighted by Crippen LogP contribution is 2.24. The van der Waals surface area contributed by atoms with Gasteiger partial charge in [-0.05, 0) is 58.0 Å². The van der Waals surface area contributed by atoms with Crippen LogP contribution in [-0.4, -0.2) is 10.3 Å². The van der Waals surface area contributed by atoms with Crippen molar-refractivity contribution in [1.82, 2.24) is 4.37 Å². The lowest BCUT2D eigenvalue weighted by Crippen LogP contribution is -2.14. The molecule has 0 saturated heterocycles. The summed E-state index contributed by atoms with van der Waals surface area (Å²) in [5, 5.41) is 8.21. The topological polar surface area (TPSA) is 42.0 Å². The maximum absolute atomic E-state index is 12.1. The Balaban J connectivity index is 1.66. The SMILES string of the molecule is CC(CC(=O)Nc1ccc2cnsc2c1)c1ccsc1. The molecule has 5 heteroatoms. The fourth-order valence-electron chi connectivity index (χ4n) is 2.10. The van der Waals surface area contributed by atoms with E-state index in [-0.39, 0.29) is 11.8 Å². The number of amides is 1. The zero-order chi connectivity index (χ0) is 13.9. The van der Waals surface area contributed by atoms with E-state index in [1.54, 1.807) is 11.3 Å². The molecular formula is C15H14N2OS2. The quantitative estimate of drug-likeness (QED) is 0.771. The predicted molar refractivity (Wildman–Crippen MR) is 85.6 cm³/mol. The number of anilines is 1. The largest absolute Gasteiger partial charge is 0.326 e. The molecule has 0 aliphatic rings. The lowest BCUT2D eigenvalue weighted by molar-refractivity contribution is -0.116. The Morgan fingerprint density at radius 3 is 3.10 bits per heavy atom. The van der Waals surface area contributed by atoms with Crippen molar-refractivity contribution in [3.05, 3.63) is 46.8 Å². The number of carbonyl (C=O) groups excluding carboxylic acids is 1. The Kier molecular flexibility index (Phi) is 3.80. The summed E-state index contributed by atoms with van der Waals surface area (Å²) in [4.78, 5) is 12.1. The van der Waals surface area contributed by atoms with Crippen molar-refractivity contribution in [3.8, 4) is 0 Å². The number of fused-ring (bicyclic) bond motifs is 1. The molecule has 0 aliphatic heterocycles. The molecule has 0 aliphatic carbocycles. The minimum absolute atomic E-state index is 0.0487. The first kappa shape index (κ1) is 13.3. The highest BCUT2D eigenvalue weighted by molar-refractivity contribution is 7.13. The van der Waals surface area contributed by atoms with Crippen LogP contribution < -0.4 is 5.32 Å². The minimum Gasteiger partial charge on any atom is -0.326 e. The molecule has 20 heavy (non-hydrogen) atoms. The predicted octanol–water partition coefficient (Wildman–Crippen LogP) is 4.49. The molecule has 102 valence electrons. The summed E-state index contributed by atoms with van der Waals surface area (Å²) in [6.45, 7) is 2.08. The number of hydrogen-bond donors (Lipinski definition) is 1. The highest BCUT2D eigenvalue weighted by atomic mass is 32.1. The number of aromatic nitrogens is 1.